The van der Waals surface area contributed by atoms with Crippen molar-refractivity contribution in [3.05, 3.63) is 35.9 Å². The van der Waals surface area contributed by atoms with Gasteiger partial charge in [-0.2, -0.15) is 0 Å². The fraction of sp³-hybridized carbons (Fsp3) is 0.788. The van der Waals surface area contributed by atoms with Crippen molar-refractivity contribution in [2.75, 3.05) is 27.2 Å². The number of hydrazine groups is 1. The highest BCUT2D eigenvalue weighted by molar-refractivity contribution is 5.76. The largest absolute Gasteiger partial charge is 0.393 e. The van der Waals surface area contributed by atoms with Crippen LogP contribution in [0.4, 0.5) is 0 Å². The van der Waals surface area contributed by atoms with Gasteiger partial charge in [0.1, 0.15) is 6.17 Å². The van der Waals surface area contributed by atoms with Crippen molar-refractivity contribution in [1.82, 2.24) is 20.2 Å². The number of aliphatic hydroxyl groups excluding tert-OH is 1. The lowest BCUT2D eigenvalue weighted by atomic mass is 9.94. The molecule has 2 rings (SSSR count). The predicted molar refractivity (Wildman–Crippen MR) is 173 cm³/mol. The molecule has 8 heteroatoms. The summed E-state index contributed by atoms with van der Waals surface area (Å²) in [5, 5.41) is 22.7. The van der Waals surface area contributed by atoms with Crippen LogP contribution < -0.4 is 11.2 Å². The van der Waals surface area contributed by atoms with E-state index in [1.54, 1.807) is 0 Å². The number of primary amides is 1. The van der Waals surface area contributed by atoms with Crippen LogP contribution >= 0.6 is 0 Å². The van der Waals surface area contributed by atoms with Gasteiger partial charge in [-0.15, -0.1) is 0 Å². The van der Waals surface area contributed by atoms with Crippen molar-refractivity contribution >= 4 is 5.91 Å². The van der Waals surface area contributed by atoms with Crippen molar-refractivity contribution in [3.63, 3.8) is 0 Å². The van der Waals surface area contributed by atoms with Crippen LogP contribution in [0.25, 0.3) is 0 Å². The van der Waals surface area contributed by atoms with Crippen molar-refractivity contribution in [2.45, 2.75) is 131 Å². The van der Waals surface area contributed by atoms with Gasteiger partial charge in [0.2, 0.25) is 5.91 Å². The van der Waals surface area contributed by atoms with E-state index in [4.69, 9.17) is 5.73 Å². The lowest BCUT2D eigenvalue weighted by Crippen LogP contribution is -2.57. The highest BCUT2D eigenvalue weighted by Gasteiger charge is 2.47. The molecule has 1 saturated heterocycles. The summed E-state index contributed by atoms with van der Waals surface area (Å²) in [4.78, 5) is 15.1. The van der Waals surface area contributed by atoms with Gasteiger partial charge in [-0.05, 0) is 77.9 Å². The maximum Gasteiger partial charge on any atom is 0.220 e. The Morgan fingerprint density at radius 2 is 1.71 bits per heavy atom. The molecule has 0 radical (unpaired) electrons. The lowest BCUT2D eigenvalue weighted by molar-refractivity contribution is -0.121. The van der Waals surface area contributed by atoms with E-state index < -0.39 is 5.60 Å². The van der Waals surface area contributed by atoms with Gasteiger partial charge in [0.15, 0.2) is 0 Å². The third kappa shape index (κ3) is 14.5. The van der Waals surface area contributed by atoms with E-state index in [0.717, 1.165) is 45.1 Å². The summed E-state index contributed by atoms with van der Waals surface area (Å²) in [6.45, 7) is 19.5. The van der Waals surface area contributed by atoms with E-state index >= 15 is 0 Å². The summed E-state index contributed by atoms with van der Waals surface area (Å²) in [6, 6.07) is 11.4. The summed E-state index contributed by atoms with van der Waals surface area (Å²) < 4.78 is 0. The van der Waals surface area contributed by atoms with Crippen LogP contribution in [0.1, 0.15) is 100.0 Å². The minimum atomic E-state index is -0.908. The van der Waals surface area contributed by atoms with Gasteiger partial charge in [-0.3, -0.25) is 9.69 Å². The Morgan fingerprint density at radius 3 is 2.15 bits per heavy atom. The third-order valence-electron chi connectivity index (χ3n) is 7.68. The number of benzene rings is 1. The molecule has 1 aromatic carbocycles. The van der Waals surface area contributed by atoms with Crippen LogP contribution in [0.15, 0.2) is 30.3 Å². The molecule has 5 atom stereocenters. The highest BCUT2D eigenvalue weighted by Crippen LogP contribution is 2.29. The first kappa shape index (κ1) is 39.5. The molecule has 41 heavy (non-hydrogen) atoms. The minimum Gasteiger partial charge on any atom is -0.393 e. The van der Waals surface area contributed by atoms with Crippen molar-refractivity contribution in [1.29, 1.82) is 0 Å². The predicted octanol–water partition coefficient (Wildman–Crippen LogP) is 4.85. The zero-order valence-corrected chi connectivity index (χ0v) is 28.2. The fourth-order valence-corrected chi connectivity index (χ4v) is 5.72. The number of nitrogens with two attached hydrogens (primary N) is 1. The van der Waals surface area contributed by atoms with Crippen molar-refractivity contribution in [2.24, 2.45) is 17.6 Å². The van der Waals surface area contributed by atoms with Gasteiger partial charge < -0.3 is 20.8 Å². The summed E-state index contributed by atoms with van der Waals surface area (Å²) in [5.41, 5.74) is 8.80. The first-order chi connectivity index (χ1) is 19.2. The van der Waals surface area contributed by atoms with Gasteiger partial charge in [0, 0.05) is 25.0 Å². The average Bonchev–Trinajstić information content (AvgIpc) is 3.27. The molecule has 0 saturated carbocycles. The Kier molecular flexibility index (Phi) is 19.6. The molecule has 1 aliphatic heterocycles. The molecule has 0 aromatic heterocycles. The molecule has 1 heterocycles. The lowest BCUT2D eigenvalue weighted by Gasteiger charge is -2.42. The number of aliphatic hydroxyl groups is 2. The van der Waals surface area contributed by atoms with Crippen LogP contribution in [0.2, 0.25) is 0 Å². The number of aryl methyl sites for hydroxylation is 1. The minimum absolute atomic E-state index is 0.0169. The second kappa shape index (κ2) is 20.4. The number of carbonyl (C=O) groups is 1. The monoisotopic (exact) mass is 580 g/mol. The summed E-state index contributed by atoms with van der Waals surface area (Å²) in [6.07, 6.45) is 5.95. The number of carbonyl (C=O) groups excluding carboxylic acids is 1. The molecular formula is C33H65N5O3. The van der Waals surface area contributed by atoms with Gasteiger partial charge >= 0.3 is 0 Å². The smallest absolute Gasteiger partial charge is 0.220 e. The van der Waals surface area contributed by atoms with E-state index in [9.17, 15) is 15.0 Å². The standard InChI is InChI=1S/C25H46N4O2.C6H13NO.C2H6/c1-19(2)16-22(27(6)15-11-14-21-12-9-8-10-13-21)17-20(3)29-23(18-30)26-28(7)24(29)25(4,5)31;1-3-4-5(2)6(7)8;1-2/h8-10,12-13,19-20,22-24,26,30-31H,11,14-18H2,1-7H3;5H,3-4H2,1-2H3,(H2,7,8);1-2H3. The zero-order chi connectivity index (χ0) is 31.8. The molecule has 0 spiro atoms. The molecule has 1 aromatic rings. The maximum absolute atomic E-state index is 10.8. The second-order valence-corrected chi connectivity index (χ2v) is 12.4. The molecule has 1 amide bonds. The van der Waals surface area contributed by atoms with E-state index in [2.05, 4.69) is 73.4 Å². The molecule has 1 aliphatic rings. The Bertz CT molecular complexity index is 802. The number of amides is 1. The van der Waals surface area contributed by atoms with E-state index in [-0.39, 0.29) is 36.8 Å². The van der Waals surface area contributed by atoms with E-state index in [1.807, 2.05) is 53.6 Å². The summed E-state index contributed by atoms with van der Waals surface area (Å²) in [5.74, 6) is 0.485. The van der Waals surface area contributed by atoms with Crippen molar-refractivity contribution < 1.29 is 15.0 Å². The number of hydrogen-bond donors (Lipinski definition) is 4. The molecular weight excluding hydrogens is 514 g/mol. The third-order valence-corrected chi connectivity index (χ3v) is 7.68. The SMILES string of the molecule is CC.CC(C)CC(CC(C)N1C(CO)NN(C)C1C(C)(C)O)N(C)CCCc1ccccc1.CCCC(C)C(N)=O. The highest BCUT2D eigenvalue weighted by atomic mass is 16.3. The van der Waals surface area contributed by atoms with Crippen LogP contribution in [0, 0.1) is 11.8 Å². The second-order valence-electron chi connectivity index (χ2n) is 12.4. The molecule has 1 fully saturated rings. The molecule has 5 N–H and O–H groups in total. The van der Waals surface area contributed by atoms with Gasteiger partial charge in [-0.1, -0.05) is 78.3 Å². The van der Waals surface area contributed by atoms with Gasteiger partial charge in [-0.25, -0.2) is 10.4 Å². The Labute approximate surface area is 252 Å². The zero-order valence-electron chi connectivity index (χ0n) is 28.2. The first-order valence-electron chi connectivity index (χ1n) is 15.9. The van der Waals surface area contributed by atoms with Crippen molar-refractivity contribution in [3.8, 4) is 0 Å². The topological polar surface area (TPSA) is 105 Å². The molecule has 240 valence electrons. The summed E-state index contributed by atoms with van der Waals surface area (Å²) in [7, 11) is 4.19. The van der Waals surface area contributed by atoms with Crippen LogP contribution in [-0.4, -0.2) is 88.2 Å². The first-order valence-corrected chi connectivity index (χ1v) is 15.9. The fourth-order valence-electron chi connectivity index (χ4n) is 5.72. The van der Waals surface area contributed by atoms with Crippen LogP contribution in [0.3, 0.4) is 0 Å². The average molecular weight is 580 g/mol. The Morgan fingerprint density at radius 1 is 1.12 bits per heavy atom. The number of hydrogen-bond acceptors (Lipinski definition) is 7. The Balaban J connectivity index is 0.00000138. The number of rotatable bonds is 15. The summed E-state index contributed by atoms with van der Waals surface area (Å²) >= 11 is 0. The van der Waals surface area contributed by atoms with Crippen LogP contribution in [0.5, 0.6) is 0 Å². The molecule has 5 unspecified atom stereocenters. The number of nitrogens with zero attached hydrogens (tertiary/aromatic N) is 3. The maximum atomic E-state index is 10.8. The van der Waals surface area contributed by atoms with E-state index in [0.29, 0.717) is 12.0 Å². The van der Waals surface area contributed by atoms with Gasteiger partial charge in [0.25, 0.3) is 0 Å². The van der Waals surface area contributed by atoms with Gasteiger partial charge in [0.05, 0.1) is 18.4 Å². The normalized spacial score (nSPS) is 20.2. The molecule has 0 aliphatic carbocycles. The quantitative estimate of drug-likeness (QED) is 0.236. The van der Waals surface area contributed by atoms with E-state index in [1.165, 1.54) is 5.56 Å². The number of nitrogens with one attached hydrogen (secondary N) is 1. The molecule has 8 nitrogen and oxygen atoms in total. The Hall–Kier alpha value is -1.55. The molecule has 0 bridgehead atoms. The number of likely N-dealkylation sites (N-methyl/N-ethyl adjacent to an activating group) is 1. The van der Waals surface area contributed by atoms with Crippen LogP contribution in [-0.2, 0) is 11.2 Å².